The van der Waals surface area contributed by atoms with Gasteiger partial charge in [0.15, 0.2) is 5.16 Å². The normalized spacial score (nSPS) is 13.8. The molecule has 1 saturated carbocycles. The lowest BCUT2D eigenvalue weighted by atomic mass is 10.2. The molecule has 0 aliphatic heterocycles. The van der Waals surface area contributed by atoms with Crippen LogP contribution in [0.3, 0.4) is 0 Å². The minimum Gasteiger partial charge on any atom is -0.370 e. The van der Waals surface area contributed by atoms with E-state index in [2.05, 4.69) is 32.3 Å². The molecule has 0 bridgehead atoms. The number of carbonyl (C=O) groups is 1. The van der Waals surface area contributed by atoms with Crippen molar-refractivity contribution in [2.75, 3.05) is 0 Å². The van der Waals surface area contributed by atoms with Gasteiger partial charge in [0, 0.05) is 35.6 Å². The molecule has 1 fully saturated rings. The number of primary amides is 1. The van der Waals surface area contributed by atoms with Crippen LogP contribution < -0.4 is 5.73 Å². The average Bonchev–Trinajstić information content (AvgIpc) is 3.24. The molecule has 0 atom stereocenters. The van der Waals surface area contributed by atoms with Gasteiger partial charge in [-0.3, -0.25) is 4.79 Å². The largest absolute Gasteiger partial charge is 0.370 e. The van der Waals surface area contributed by atoms with E-state index in [1.807, 2.05) is 18.2 Å². The zero-order valence-electron chi connectivity index (χ0n) is 14.2. The van der Waals surface area contributed by atoms with E-state index in [0.717, 1.165) is 45.8 Å². The van der Waals surface area contributed by atoms with Crippen LogP contribution >= 0.6 is 23.1 Å². The van der Waals surface area contributed by atoms with E-state index >= 15 is 0 Å². The van der Waals surface area contributed by atoms with Crippen molar-refractivity contribution >= 4 is 29.0 Å². The van der Waals surface area contributed by atoms with Gasteiger partial charge in [-0.2, -0.15) is 0 Å². The lowest BCUT2D eigenvalue weighted by Gasteiger charge is -2.08. The van der Waals surface area contributed by atoms with Crippen LogP contribution in [0.1, 0.15) is 36.7 Å². The first kappa shape index (κ1) is 17.2. The van der Waals surface area contributed by atoms with Crippen LogP contribution in [0.25, 0.3) is 10.6 Å². The third-order valence-corrected chi connectivity index (χ3v) is 6.13. The lowest BCUT2D eigenvalue weighted by Crippen LogP contribution is -2.15. The number of aromatic nitrogens is 4. The number of hydrogen-bond acceptors (Lipinski definition) is 6. The van der Waals surface area contributed by atoms with Crippen LogP contribution in [0.15, 0.2) is 40.9 Å². The Morgan fingerprint density at radius 1 is 1.27 bits per heavy atom. The minimum atomic E-state index is -0.302. The van der Waals surface area contributed by atoms with Gasteiger partial charge >= 0.3 is 0 Å². The van der Waals surface area contributed by atoms with Crippen molar-refractivity contribution in [2.45, 2.75) is 42.6 Å². The fourth-order valence-electron chi connectivity index (χ4n) is 2.71. The van der Waals surface area contributed by atoms with E-state index in [1.165, 1.54) is 0 Å². The topological polar surface area (TPSA) is 86.7 Å². The molecular formula is C18H19N5OS2. The first-order valence-corrected chi connectivity index (χ1v) is 10.4. The Bertz CT molecular complexity index is 901. The van der Waals surface area contributed by atoms with Gasteiger partial charge in [-0.05, 0) is 12.8 Å². The Balaban J connectivity index is 1.46. The van der Waals surface area contributed by atoms with Gasteiger partial charge in [0.2, 0.25) is 5.91 Å². The fourth-order valence-corrected chi connectivity index (χ4v) is 4.50. The van der Waals surface area contributed by atoms with Crippen LogP contribution in [-0.4, -0.2) is 25.7 Å². The maximum Gasteiger partial charge on any atom is 0.219 e. The average molecular weight is 386 g/mol. The van der Waals surface area contributed by atoms with Gasteiger partial charge in [-0.15, -0.1) is 21.5 Å². The van der Waals surface area contributed by atoms with Crippen molar-refractivity contribution in [1.82, 2.24) is 19.7 Å². The number of thioether (sulfide) groups is 1. The molecule has 2 N–H and O–H groups in total. The molecule has 1 aliphatic carbocycles. The Kier molecular flexibility index (Phi) is 5.03. The summed E-state index contributed by atoms with van der Waals surface area (Å²) in [6, 6.07) is 10.2. The molecule has 134 valence electrons. The summed E-state index contributed by atoms with van der Waals surface area (Å²) in [5.74, 6) is 1.89. The van der Waals surface area contributed by atoms with Gasteiger partial charge in [0.1, 0.15) is 10.8 Å². The standard InChI is InChI=1S/C18H19N5OS2/c19-15(24)8-9-23-16(12-6-7-12)21-22-18(23)26-11-14-10-25-17(20-14)13-4-2-1-3-5-13/h1-5,10,12H,6-9,11H2,(H2,19,24). The first-order valence-electron chi connectivity index (χ1n) is 8.54. The summed E-state index contributed by atoms with van der Waals surface area (Å²) in [6.45, 7) is 0.544. The Hall–Kier alpha value is -2.19. The summed E-state index contributed by atoms with van der Waals surface area (Å²) < 4.78 is 2.05. The highest BCUT2D eigenvalue weighted by Crippen LogP contribution is 2.40. The predicted octanol–water partition coefficient (Wildman–Crippen LogP) is 3.45. The number of thiazole rings is 1. The maximum atomic E-state index is 11.2. The van der Waals surface area contributed by atoms with E-state index in [0.29, 0.717) is 18.9 Å². The van der Waals surface area contributed by atoms with Gasteiger partial charge < -0.3 is 10.3 Å². The second kappa shape index (κ2) is 7.59. The maximum absolute atomic E-state index is 11.2. The highest BCUT2D eigenvalue weighted by Gasteiger charge is 2.30. The molecule has 1 amide bonds. The van der Waals surface area contributed by atoms with Crippen LogP contribution in [0.4, 0.5) is 0 Å². The summed E-state index contributed by atoms with van der Waals surface area (Å²) in [5, 5.41) is 12.6. The number of hydrogen-bond donors (Lipinski definition) is 1. The molecule has 0 spiro atoms. The molecule has 26 heavy (non-hydrogen) atoms. The van der Waals surface area contributed by atoms with Crippen LogP contribution in [0.2, 0.25) is 0 Å². The smallest absolute Gasteiger partial charge is 0.219 e. The highest BCUT2D eigenvalue weighted by molar-refractivity contribution is 7.98. The first-order chi connectivity index (χ1) is 12.7. The van der Waals surface area contributed by atoms with E-state index in [4.69, 9.17) is 10.7 Å². The zero-order chi connectivity index (χ0) is 17.9. The molecule has 0 radical (unpaired) electrons. The van der Waals surface area contributed by atoms with Gasteiger partial charge in [-0.25, -0.2) is 4.98 Å². The molecule has 2 heterocycles. The molecule has 6 nitrogen and oxygen atoms in total. The summed E-state index contributed by atoms with van der Waals surface area (Å²) >= 11 is 3.26. The van der Waals surface area contributed by atoms with Crippen molar-refractivity contribution in [3.8, 4) is 10.6 Å². The fraction of sp³-hybridized carbons (Fsp3) is 0.333. The Labute approximate surface area is 159 Å². The summed E-state index contributed by atoms with van der Waals surface area (Å²) in [6.07, 6.45) is 2.60. The Morgan fingerprint density at radius 3 is 2.81 bits per heavy atom. The van der Waals surface area contributed by atoms with E-state index in [-0.39, 0.29) is 5.91 Å². The third-order valence-electron chi connectivity index (χ3n) is 4.19. The van der Waals surface area contributed by atoms with Crippen LogP contribution in [0.5, 0.6) is 0 Å². The summed E-state index contributed by atoms with van der Waals surface area (Å²) in [5.41, 5.74) is 7.47. The third kappa shape index (κ3) is 3.96. The number of nitrogens with zero attached hydrogens (tertiary/aromatic N) is 4. The minimum absolute atomic E-state index is 0.302. The Morgan fingerprint density at radius 2 is 2.08 bits per heavy atom. The van der Waals surface area contributed by atoms with Gasteiger partial charge in [0.05, 0.1) is 5.69 Å². The number of amides is 1. The monoisotopic (exact) mass is 385 g/mol. The number of carbonyl (C=O) groups excluding carboxylic acids is 1. The summed E-state index contributed by atoms with van der Waals surface area (Å²) in [4.78, 5) is 15.9. The zero-order valence-corrected chi connectivity index (χ0v) is 15.8. The molecule has 3 aromatic rings. The molecule has 2 aromatic heterocycles. The van der Waals surface area contributed by atoms with Gasteiger partial charge in [-0.1, -0.05) is 42.1 Å². The molecule has 1 aromatic carbocycles. The van der Waals surface area contributed by atoms with Crippen molar-refractivity contribution in [2.24, 2.45) is 5.73 Å². The van der Waals surface area contributed by atoms with E-state index < -0.39 is 0 Å². The molecule has 1 aliphatic rings. The van der Waals surface area contributed by atoms with Crippen LogP contribution in [0, 0.1) is 0 Å². The molecular weight excluding hydrogens is 366 g/mol. The van der Waals surface area contributed by atoms with Crippen LogP contribution in [-0.2, 0) is 17.1 Å². The lowest BCUT2D eigenvalue weighted by molar-refractivity contribution is -0.118. The molecule has 4 rings (SSSR count). The molecule has 0 unspecified atom stereocenters. The highest BCUT2D eigenvalue weighted by atomic mass is 32.2. The predicted molar refractivity (Wildman–Crippen MR) is 103 cm³/mol. The van der Waals surface area contributed by atoms with Crippen molar-refractivity contribution in [1.29, 1.82) is 0 Å². The molecule has 0 saturated heterocycles. The molecule has 8 heteroatoms. The van der Waals surface area contributed by atoms with E-state index in [1.54, 1.807) is 23.1 Å². The van der Waals surface area contributed by atoms with E-state index in [9.17, 15) is 4.79 Å². The quantitative estimate of drug-likeness (QED) is 0.600. The number of rotatable bonds is 8. The second-order valence-electron chi connectivity index (χ2n) is 6.28. The summed E-state index contributed by atoms with van der Waals surface area (Å²) in [7, 11) is 0. The van der Waals surface area contributed by atoms with Gasteiger partial charge in [0.25, 0.3) is 0 Å². The van der Waals surface area contributed by atoms with Crippen molar-refractivity contribution in [3.05, 3.63) is 47.2 Å². The SMILES string of the molecule is NC(=O)CCn1c(SCc2csc(-c3ccccc3)n2)nnc1C1CC1. The second-order valence-corrected chi connectivity index (χ2v) is 8.08. The number of benzene rings is 1. The van der Waals surface area contributed by atoms with Crippen molar-refractivity contribution in [3.63, 3.8) is 0 Å². The number of nitrogens with two attached hydrogens (primary N) is 1. The van der Waals surface area contributed by atoms with Crippen molar-refractivity contribution < 1.29 is 4.79 Å².